The van der Waals surface area contributed by atoms with Crippen LogP contribution in [0.1, 0.15) is 18.9 Å². The summed E-state index contributed by atoms with van der Waals surface area (Å²) in [4.78, 5) is 19.8. The Morgan fingerprint density at radius 2 is 1.89 bits per heavy atom. The molecule has 0 saturated carbocycles. The van der Waals surface area contributed by atoms with Gasteiger partial charge < -0.3 is 9.64 Å². The summed E-state index contributed by atoms with van der Waals surface area (Å²) >= 11 is 0. The molecular weight excluding hydrogens is 350 g/mol. The fourth-order valence-electron chi connectivity index (χ4n) is 4.51. The van der Waals surface area contributed by atoms with Crippen LogP contribution in [0.15, 0.2) is 54.6 Å². The number of benzene rings is 2. The van der Waals surface area contributed by atoms with Gasteiger partial charge in [-0.15, -0.1) is 0 Å². The van der Waals surface area contributed by atoms with E-state index < -0.39 is 0 Å². The molecule has 0 aromatic heterocycles. The van der Waals surface area contributed by atoms with Crippen LogP contribution in [0.3, 0.4) is 0 Å². The predicted molar refractivity (Wildman–Crippen MR) is 112 cm³/mol. The number of carbonyl (C=O) groups excluding carboxylic acids is 1. The molecule has 148 valence electrons. The molecule has 0 aliphatic carbocycles. The third kappa shape index (κ3) is 4.05. The van der Waals surface area contributed by atoms with Crippen molar-refractivity contribution >= 4 is 11.6 Å². The van der Waals surface area contributed by atoms with E-state index in [2.05, 4.69) is 47.1 Å². The van der Waals surface area contributed by atoms with Gasteiger partial charge in [-0.25, -0.2) is 0 Å². The van der Waals surface area contributed by atoms with E-state index >= 15 is 0 Å². The topological polar surface area (TPSA) is 36.0 Å². The highest BCUT2D eigenvalue weighted by Crippen LogP contribution is 2.27. The SMILES string of the molecule is COc1cccc(N2C(=O)CN([C@H]3CCN(Cc4ccccc4)C3)C[C@@H]2C)c1. The molecular formula is C23H29N3O2. The van der Waals surface area contributed by atoms with E-state index in [1.54, 1.807) is 7.11 Å². The molecule has 0 bridgehead atoms. The zero-order chi connectivity index (χ0) is 19.5. The zero-order valence-electron chi connectivity index (χ0n) is 16.8. The maximum Gasteiger partial charge on any atom is 0.241 e. The van der Waals surface area contributed by atoms with Crippen LogP contribution in [-0.2, 0) is 11.3 Å². The predicted octanol–water partition coefficient (Wildman–Crippen LogP) is 3.01. The van der Waals surface area contributed by atoms with E-state index in [-0.39, 0.29) is 11.9 Å². The normalized spacial score (nSPS) is 23.9. The Kier molecular flexibility index (Phi) is 5.64. The molecule has 2 atom stereocenters. The summed E-state index contributed by atoms with van der Waals surface area (Å²) in [6.07, 6.45) is 1.13. The molecule has 1 amide bonds. The second-order valence-corrected chi connectivity index (χ2v) is 7.91. The van der Waals surface area contributed by atoms with Gasteiger partial charge in [0.1, 0.15) is 5.75 Å². The lowest BCUT2D eigenvalue weighted by atomic mass is 10.1. The van der Waals surface area contributed by atoms with Gasteiger partial charge in [-0.05, 0) is 31.0 Å². The van der Waals surface area contributed by atoms with E-state index in [0.29, 0.717) is 12.6 Å². The zero-order valence-corrected chi connectivity index (χ0v) is 16.8. The number of nitrogens with zero attached hydrogens (tertiary/aromatic N) is 3. The maximum absolute atomic E-state index is 13.0. The summed E-state index contributed by atoms with van der Waals surface area (Å²) in [5.41, 5.74) is 2.28. The number of amides is 1. The lowest BCUT2D eigenvalue weighted by Gasteiger charge is -2.42. The quantitative estimate of drug-likeness (QED) is 0.800. The van der Waals surface area contributed by atoms with Crippen molar-refractivity contribution in [2.24, 2.45) is 0 Å². The van der Waals surface area contributed by atoms with Crippen LogP contribution in [-0.4, -0.2) is 61.1 Å². The standard InChI is InChI=1S/C23H29N3O2/c1-18-14-25(17-23(27)26(18)20-9-6-10-22(13-20)28-2)21-11-12-24(16-21)15-19-7-4-3-5-8-19/h3-10,13,18,21H,11-12,14-17H2,1-2H3/t18-,21-/m0/s1. The molecule has 5 heteroatoms. The van der Waals surface area contributed by atoms with Crippen LogP contribution < -0.4 is 9.64 Å². The lowest BCUT2D eigenvalue weighted by Crippen LogP contribution is -2.58. The third-order valence-electron chi connectivity index (χ3n) is 5.89. The molecule has 0 N–H and O–H groups in total. The number of hydrogen-bond donors (Lipinski definition) is 0. The molecule has 0 spiro atoms. The Morgan fingerprint density at radius 3 is 2.64 bits per heavy atom. The average Bonchev–Trinajstić information content (AvgIpc) is 3.17. The van der Waals surface area contributed by atoms with Gasteiger partial charge in [0, 0.05) is 50.0 Å². The van der Waals surface area contributed by atoms with Gasteiger partial charge in [0.15, 0.2) is 0 Å². The Balaban J connectivity index is 1.38. The first kappa shape index (κ1) is 19.0. The van der Waals surface area contributed by atoms with Gasteiger partial charge in [-0.1, -0.05) is 36.4 Å². The number of methoxy groups -OCH3 is 1. The van der Waals surface area contributed by atoms with E-state index in [1.807, 2.05) is 29.2 Å². The highest BCUT2D eigenvalue weighted by Gasteiger charge is 2.36. The number of anilines is 1. The molecule has 0 unspecified atom stereocenters. The van der Waals surface area contributed by atoms with Crippen molar-refractivity contribution in [3.63, 3.8) is 0 Å². The average molecular weight is 380 g/mol. The van der Waals surface area contributed by atoms with Crippen molar-refractivity contribution in [3.05, 3.63) is 60.2 Å². The van der Waals surface area contributed by atoms with Crippen LogP contribution in [0.25, 0.3) is 0 Å². The Morgan fingerprint density at radius 1 is 1.07 bits per heavy atom. The van der Waals surface area contributed by atoms with Gasteiger partial charge in [-0.3, -0.25) is 14.6 Å². The Bertz CT molecular complexity index is 811. The maximum atomic E-state index is 13.0. The number of hydrogen-bond acceptors (Lipinski definition) is 4. The minimum absolute atomic E-state index is 0.150. The van der Waals surface area contributed by atoms with Crippen molar-refractivity contribution in [2.45, 2.75) is 32.0 Å². The first-order valence-electron chi connectivity index (χ1n) is 10.1. The highest BCUT2D eigenvalue weighted by atomic mass is 16.5. The largest absolute Gasteiger partial charge is 0.497 e. The van der Waals surface area contributed by atoms with Gasteiger partial charge >= 0.3 is 0 Å². The number of rotatable bonds is 5. The Hall–Kier alpha value is -2.37. The van der Waals surface area contributed by atoms with E-state index in [1.165, 1.54) is 5.56 Å². The summed E-state index contributed by atoms with van der Waals surface area (Å²) in [6, 6.07) is 19.0. The molecule has 2 saturated heterocycles. The van der Waals surface area contributed by atoms with E-state index in [0.717, 1.165) is 44.0 Å². The molecule has 5 nitrogen and oxygen atoms in total. The van der Waals surface area contributed by atoms with Gasteiger partial charge in [0.25, 0.3) is 0 Å². The molecule has 2 aliphatic heterocycles. The van der Waals surface area contributed by atoms with Crippen molar-refractivity contribution in [3.8, 4) is 5.75 Å². The van der Waals surface area contributed by atoms with Gasteiger partial charge in [0.2, 0.25) is 5.91 Å². The van der Waals surface area contributed by atoms with Crippen LogP contribution >= 0.6 is 0 Å². The summed E-state index contributed by atoms with van der Waals surface area (Å²) in [7, 11) is 1.66. The van der Waals surface area contributed by atoms with Crippen LogP contribution in [0.5, 0.6) is 5.75 Å². The molecule has 2 heterocycles. The van der Waals surface area contributed by atoms with Crippen LogP contribution in [0.4, 0.5) is 5.69 Å². The second kappa shape index (κ2) is 8.33. The minimum Gasteiger partial charge on any atom is -0.497 e. The van der Waals surface area contributed by atoms with Gasteiger partial charge in [0.05, 0.1) is 13.7 Å². The monoisotopic (exact) mass is 379 g/mol. The number of piperazine rings is 1. The van der Waals surface area contributed by atoms with Crippen molar-refractivity contribution in [1.82, 2.24) is 9.80 Å². The lowest BCUT2D eigenvalue weighted by molar-refractivity contribution is -0.122. The van der Waals surface area contributed by atoms with Crippen molar-refractivity contribution in [1.29, 1.82) is 0 Å². The Labute approximate surface area is 167 Å². The third-order valence-corrected chi connectivity index (χ3v) is 5.89. The molecule has 2 aromatic rings. The molecule has 2 fully saturated rings. The summed E-state index contributed by atoms with van der Waals surface area (Å²) in [5.74, 6) is 0.959. The molecule has 0 radical (unpaired) electrons. The van der Waals surface area contributed by atoms with E-state index in [9.17, 15) is 4.79 Å². The highest BCUT2D eigenvalue weighted by molar-refractivity contribution is 5.96. The first-order chi connectivity index (χ1) is 13.6. The molecule has 2 aromatic carbocycles. The van der Waals surface area contributed by atoms with Crippen LogP contribution in [0, 0.1) is 0 Å². The summed E-state index contributed by atoms with van der Waals surface area (Å²) in [6.45, 7) is 6.66. The van der Waals surface area contributed by atoms with Crippen molar-refractivity contribution in [2.75, 3.05) is 38.2 Å². The first-order valence-corrected chi connectivity index (χ1v) is 10.1. The number of likely N-dealkylation sites (tertiary alicyclic amines) is 1. The minimum atomic E-state index is 0.150. The number of ether oxygens (including phenoxy) is 1. The summed E-state index contributed by atoms with van der Waals surface area (Å²) in [5, 5.41) is 0. The second-order valence-electron chi connectivity index (χ2n) is 7.91. The van der Waals surface area contributed by atoms with Crippen molar-refractivity contribution < 1.29 is 9.53 Å². The van der Waals surface area contributed by atoms with Crippen LogP contribution in [0.2, 0.25) is 0 Å². The summed E-state index contributed by atoms with van der Waals surface area (Å²) < 4.78 is 5.33. The fraction of sp³-hybridized carbons (Fsp3) is 0.435. The van der Waals surface area contributed by atoms with E-state index in [4.69, 9.17) is 4.74 Å². The number of carbonyl (C=O) groups is 1. The van der Waals surface area contributed by atoms with Gasteiger partial charge in [-0.2, -0.15) is 0 Å². The smallest absolute Gasteiger partial charge is 0.241 e. The fourth-order valence-corrected chi connectivity index (χ4v) is 4.51. The molecule has 2 aliphatic rings. The molecule has 28 heavy (non-hydrogen) atoms. The molecule has 4 rings (SSSR count).